The van der Waals surface area contributed by atoms with Crippen molar-refractivity contribution in [1.29, 1.82) is 0 Å². The number of halogens is 1. The molecular formula is C15H9BrN2O4. The first-order valence-corrected chi connectivity index (χ1v) is 7.48. The Labute approximate surface area is 133 Å². The minimum atomic E-state index is -0.516. The number of imide groups is 1. The van der Waals surface area contributed by atoms with Crippen molar-refractivity contribution in [2.24, 2.45) is 0 Å². The zero-order valence-electron chi connectivity index (χ0n) is 11.2. The number of amides is 2. The molecule has 2 aromatic rings. The van der Waals surface area contributed by atoms with Gasteiger partial charge in [-0.05, 0) is 23.8 Å². The smallest absolute Gasteiger partial charge is 0.268 e. The SMILES string of the molecule is O=C1c2ccccc2C(=O)N1c1ccc([N+](=O)[O-])cc1CBr. The Morgan fingerprint density at radius 3 is 2.14 bits per heavy atom. The van der Waals surface area contributed by atoms with Crippen molar-refractivity contribution in [3.05, 3.63) is 69.3 Å². The van der Waals surface area contributed by atoms with Crippen LogP contribution in [-0.2, 0) is 5.33 Å². The molecule has 0 bridgehead atoms. The lowest BCUT2D eigenvalue weighted by Gasteiger charge is -2.17. The van der Waals surface area contributed by atoms with Crippen LogP contribution >= 0.6 is 15.9 Å². The van der Waals surface area contributed by atoms with Gasteiger partial charge < -0.3 is 0 Å². The third-order valence-corrected chi connectivity index (χ3v) is 4.06. The highest BCUT2D eigenvalue weighted by Gasteiger charge is 2.37. The molecule has 2 aromatic carbocycles. The van der Waals surface area contributed by atoms with Gasteiger partial charge in [0.1, 0.15) is 0 Å². The van der Waals surface area contributed by atoms with Crippen molar-refractivity contribution < 1.29 is 14.5 Å². The molecule has 0 saturated carbocycles. The quantitative estimate of drug-likeness (QED) is 0.364. The van der Waals surface area contributed by atoms with E-state index in [1.165, 1.54) is 18.2 Å². The Kier molecular flexibility index (Phi) is 3.50. The monoisotopic (exact) mass is 360 g/mol. The fourth-order valence-electron chi connectivity index (χ4n) is 2.42. The van der Waals surface area contributed by atoms with Gasteiger partial charge in [0.2, 0.25) is 0 Å². The van der Waals surface area contributed by atoms with Gasteiger partial charge in [0.25, 0.3) is 17.5 Å². The summed E-state index contributed by atoms with van der Waals surface area (Å²) >= 11 is 3.24. The number of nitrogens with zero attached hydrogens (tertiary/aromatic N) is 2. The Balaban J connectivity index is 2.11. The Morgan fingerprint density at radius 1 is 1.05 bits per heavy atom. The number of hydrogen-bond donors (Lipinski definition) is 0. The Morgan fingerprint density at radius 2 is 1.64 bits per heavy atom. The molecule has 0 aromatic heterocycles. The average molecular weight is 361 g/mol. The van der Waals surface area contributed by atoms with Crippen LogP contribution in [0.25, 0.3) is 0 Å². The number of carbonyl (C=O) groups excluding carboxylic acids is 2. The molecule has 3 rings (SSSR count). The highest BCUT2D eigenvalue weighted by molar-refractivity contribution is 9.08. The van der Waals surface area contributed by atoms with Crippen molar-refractivity contribution in [2.45, 2.75) is 5.33 Å². The summed E-state index contributed by atoms with van der Waals surface area (Å²) in [7, 11) is 0. The molecule has 0 spiro atoms. The summed E-state index contributed by atoms with van der Waals surface area (Å²) in [5, 5.41) is 11.1. The second-order valence-corrected chi connectivity index (χ2v) is 5.26. The zero-order valence-corrected chi connectivity index (χ0v) is 12.7. The third kappa shape index (κ3) is 2.10. The molecule has 0 saturated heterocycles. The van der Waals surface area contributed by atoms with Crippen LogP contribution in [0.1, 0.15) is 26.3 Å². The lowest BCUT2D eigenvalue weighted by atomic mass is 10.1. The molecular weight excluding hydrogens is 352 g/mol. The largest absolute Gasteiger partial charge is 0.269 e. The molecule has 1 aliphatic heterocycles. The van der Waals surface area contributed by atoms with Crippen LogP contribution in [0.3, 0.4) is 0 Å². The van der Waals surface area contributed by atoms with E-state index in [-0.39, 0.29) is 11.0 Å². The van der Waals surface area contributed by atoms with Gasteiger partial charge in [0.05, 0.1) is 21.7 Å². The van der Waals surface area contributed by atoms with Crippen LogP contribution in [0.5, 0.6) is 0 Å². The highest BCUT2D eigenvalue weighted by atomic mass is 79.9. The number of nitro benzene ring substituents is 1. The van der Waals surface area contributed by atoms with Gasteiger partial charge in [-0.1, -0.05) is 28.1 Å². The fraction of sp³-hybridized carbons (Fsp3) is 0.0667. The van der Waals surface area contributed by atoms with Gasteiger partial charge in [-0.2, -0.15) is 0 Å². The van der Waals surface area contributed by atoms with E-state index in [1.807, 2.05) is 0 Å². The normalized spacial score (nSPS) is 13.4. The van der Waals surface area contributed by atoms with E-state index in [9.17, 15) is 19.7 Å². The second kappa shape index (κ2) is 5.34. The van der Waals surface area contributed by atoms with Crippen molar-refractivity contribution in [1.82, 2.24) is 0 Å². The van der Waals surface area contributed by atoms with E-state index < -0.39 is 16.7 Å². The fourth-order valence-corrected chi connectivity index (χ4v) is 2.87. The number of fused-ring (bicyclic) bond motifs is 1. The topological polar surface area (TPSA) is 80.5 Å². The maximum Gasteiger partial charge on any atom is 0.269 e. The van der Waals surface area contributed by atoms with Gasteiger partial charge in [0, 0.05) is 17.5 Å². The summed E-state index contributed by atoms with van der Waals surface area (Å²) in [6, 6.07) is 10.6. The summed E-state index contributed by atoms with van der Waals surface area (Å²) in [5.41, 5.74) is 1.45. The molecule has 110 valence electrons. The number of carbonyl (C=O) groups is 2. The van der Waals surface area contributed by atoms with E-state index >= 15 is 0 Å². The molecule has 0 fully saturated rings. The maximum atomic E-state index is 12.5. The highest BCUT2D eigenvalue weighted by Crippen LogP contribution is 2.33. The van der Waals surface area contributed by atoms with Gasteiger partial charge in [0.15, 0.2) is 0 Å². The Hall–Kier alpha value is -2.54. The van der Waals surface area contributed by atoms with Crippen LogP contribution in [0, 0.1) is 10.1 Å². The number of non-ortho nitro benzene ring substituents is 1. The first-order chi connectivity index (χ1) is 10.5. The molecule has 6 nitrogen and oxygen atoms in total. The van der Waals surface area contributed by atoms with E-state index in [2.05, 4.69) is 15.9 Å². The molecule has 0 aliphatic carbocycles. The molecule has 1 aliphatic rings. The maximum absolute atomic E-state index is 12.5. The second-order valence-electron chi connectivity index (χ2n) is 4.70. The van der Waals surface area contributed by atoms with Gasteiger partial charge in [-0.25, -0.2) is 4.90 Å². The summed E-state index contributed by atoms with van der Waals surface area (Å²) < 4.78 is 0. The van der Waals surface area contributed by atoms with Gasteiger partial charge in [-0.3, -0.25) is 19.7 Å². The van der Waals surface area contributed by atoms with Gasteiger partial charge in [-0.15, -0.1) is 0 Å². The number of benzene rings is 2. The predicted molar refractivity (Wildman–Crippen MR) is 83.3 cm³/mol. The van der Waals surface area contributed by atoms with Crippen molar-refractivity contribution in [3.8, 4) is 0 Å². The van der Waals surface area contributed by atoms with Crippen LogP contribution in [0.2, 0.25) is 0 Å². The molecule has 0 atom stereocenters. The summed E-state index contributed by atoms with van der Waals surface area (Å²) in [6.45, 7) is 0. The predicted octanol–water partition coefficient (Wildman–Crippen LogP) is 3.29. The number of anilines is 1. The average Bonchev–Trinajstić information content (AvgIpc) is 2.78. The van der Waals surface area contributed by atoms with Crippen molar-refractivity contribution >= 4 is 39.1 Å². The number of hydrogen-bond acceptors (Lipinski definition) is 4. The standard InChI is InChI=1S/C15H9BrN2O4/c16-8-9-7-10(18(21)22)5-6-13(9)17-14(19)11-3-1-2-4-12(11)15(17)20/h1-7H,8H2. The third-order valence-electron chi connectivity index (χ3n) is 3.45. The zero-order chi connectivity index (χ0) is 15.9. The Bertz CT molecular complexity index is 784. The minimum Gasteiger partial charge on any atom is -0.268 e. The van der Waals surface area contributed by atoms with Crippen LogP contribution in [0.15, 0.2) is 42.5 Å². The first kappa shape index (κ1) is 14.4. The summed E-state index contributed by atoms with van der Waals surface area (Å²) in [6.07, 6.45) is 0. The van der Waals surface area contributed by atoms with Crippen molar-refractivity contribution in [2.75, 3.05) is 4.90 Å². The van der Waals surface area contributed by atoms with Crippen LogP contribution in [-0.4, -0.2) is 16.7 Å². The van der Waals surface area contributed by atoms with E-state index in [0.29, 0.717) is 22.4 Å². The van der Waals surface area contributed by atoms with Crippen LogP contribution < -0.4 is 4.90 Å². The lowest BCUT2D eigenvalue weighted by Crippen LogP contribution is -2.30. The summed E-state index contributed by atoms with van der Waals surface area (Å²) in [4.78, 5) is 36.3. The van der Waals surface area contributed by atoms with Crippen molar-refractivity contribution in [3.63, 3.8) is 0 Å². The molecule has 0 radical (unpaired) electrons. The number of rotatable bonds is 3. The number of nitro groups is 1. The lowest BCUT2D eigenvalue weighted by molar-refractivity contribution is -0.384. The molecule has 7 heteroatoms. The molecule has 2 amide bonds. The summed E-state index contributed by atoms with van der Waals surface area (Å²) in [5.74, 6) is -0.840. The molecule has 0 unspecified atom stereocenters. The van der Waals surface area contributed by atoms with E-state index in [1.54, 1.807) is 24.3 Å². The molecule has 22 heavy (non-hydrogen) atoms. The van der Waals surface area contributed by atoms with Gasteiger partial charge >= 0.3 is 0 Å². The molecule has 1 heterocycles. The minimum absolute atomic E-state index is 0.0881. The first-order valence-electron chi connectivity index (χ1n) is 6.35. The van der Waals surface area contributed by atoms with Crippen LogP contribution in [0.4, 0.5) is 11.4 Å². The number of alkyl halides is 1. The molecule has 0 N–H and O–H groups in total. The van der Waals surface area contributed by atoms with E-state index in [4.69, 9.17) is 0 Å². The van der Waals surface area contributed by atoms with E-state index in [0.717, 1.165) is 4.90 Å².